The van der Waals surface area contributed by atoms with Gasteiger partial charge in [-0.3, -0.25) is 0 Å². The van der Waals surface area contributed by atoms with Crippen LogP contribution in [0, 0.1) is 0 Å². The van der Waals surface area contributed by atoms with E-state index in [1.165, 1.54) is 118 Å². The Hall–Kier alpha value is -6.98. The first-order valence-corrected chi connectivity index (χ1v) is 22.8. The van der Waals surface area contributed by atoms with E-state index in [1.54, 1.807) is 0 Å². The zero-order valence-electron chi connectivity index (χ0n) is 33.1. The summed E-state index contributed by atoms with van der Waals surface area (Å²) in [6.07, 6.45) is 6.81. The van der Waals surface area contributed by atoms with E-state index in [1.807, 2.05) is 22.7 Å². The van der Waals surface area contributed by atoms with Crippen LogP contribution >= 0.6 is 22.7 Å². The first kappa shape index (κ1) is 33.8. The van der Waals surface area contributed by atoms with Crippen LogP contribution in [0.4, 0.5) is 0 Å². The Bertz CT molecular complexity index is 3590. The Morgan fingerprint density at radius 2 is 0.689 bits per heavy atom. The molecule has 2 aliphatic heterocycles. The molecule has 0 unspecified atom stereocenters. The minimum atomic E-state index is -0.766. The third-order valence-corrected chi connectivity index (χ3v) is 16.0. The molecule has 0 radical (unpaired) electrons. The molecule has 0 saturated heterocycles. The van der Waals surface area contributed by atoms with Crippen LogP contribution in [0.1, 0.15) is 32.3 Å². The molecule has 4 heteroatoms. The van der Waals surface area contributed by atoms with E-state index in [2.05, 4.69) is 204 Å². The van der Waals surface area contributed by atoms with Crippen molar-refractivity contribution in [3.8, 4) is 22.3 Å². The van der Waals surface area contributed by atoms with Crippen molar-refractivity contribution in [3.05, 3.63) is 227 Å². The Kier molecular flexibility index (Phi) is 6.94. The van der Waals surface area contributed by atoms with Crippen LogP contribution in [0.5, 0.6) is 0 Å². The molecule has 2 nitrogen and oxygen atoms in total. The van der Waals surface area contributed by atoms with Crippen LogP contribution in [0.2, 0.25) is 0 Å². The zero-order valence-corrected chi connectivity index (χ0v) is 34.7. The van der Waals surface area contributed by atoms with Gasteiger partial charge in [0.15, 0.2) is 12.4 Å². The molecular weight excluding hydrogens is 777 g/mol. The fourth-order valence-corrected chi connectivity index (χ4v) is 13.8. The van der Waals surface area contributed by atoms with E-state index in [9.17, 15) is 0 Å². The molecule has 0 bridgehead atoms. The molecular formula is C57H36N2S2+2. The van der Waals surface area contributed by atoms with Crippen LogP contribution in [-0.4, -0.2) is 0 Å². The number of pyridine rings is 2. The molecule has 4 aromatic heterocycles. The van der Waals surface area contributed by atoms with Crippen molar-refractivity contribution >= 4 is 85.9 Å². The molecule has 61 heavy (non-hydrogen) atoms. The summed E-state index contributed by atoms with van der Waals surface area (Å²) in [5.74, 6) is 0. The van der Waals surface area contributed by atoms with E-state index in [0.29, 0.717) is 0 Å². The van der Waals surface area contributed by atoms with Gasteiger partial charge in [-0.2, -0.15) is 0 Å². The van der Waals surface area contributed by atoms with Gasteiger partial charge in [0.25, 0.3) is 0 Å². The van der Waals surface area contributed by atoms with Gasteiger partial charge in [-0.25, -0.2) is 0 Å². The summed E-state index contributed by atoms with van der Waals surface area (Å²) in [7, 11) is 0. The van der Waals surface area contributed by atoms with Crippen LogP contribution in [0.3, 0.4) is 0 Å². The largest absolute Gasteiger partial charge is 0.418 e. The predicted molar refractivity (Wildman–Crippen MR) is 255 cm³/mol. The number of hydrogen-bond donors (Lipinski definition) is 0. The van der Waals surface area contributed by atoms with Crippen molar-refractivity contribution in [1.82, 2.24) is 0 Å². The number of fused-ring (bicyclic) bond motifs is 18. The fourth-order valence-electron chi connectivity index (χ4n) is 11.3. The maximum absolute atomic E-state index is 2.76. The highest BCUT2D eigenvalue weighted by atomic mass is 32.1. The van der Waals surface area contributed by atoms with Crippen molar-refractivity contribution in [2.24, 2.45) is 0 Å². The van der Waals surface area contributed by atoms with E-state index < -0.39 is 5.66 Å². The van der Waals surface area contributed by atoms with Crippen molar-refractivity contribution in [3.63, 3.8) is 0 Å². The lowest BCUT2D eigenvalue weighted by atomic mass is 9.78. The standard InChI is InChI=1S/C57H36N2S2/c1-3-19-37-35(15-1)17-13-27-39(37)47-33-58-49(43-23-7-5-21-41(43)47)31-53-55(45-25-9-11-29-51(45)60-53)57(58)56-46-26-10-12-30-52(46)61-54(56)32-50-44-24-8-6-22-42(44)48(34-59(50)57)40-28-14-18-36-16-2-4-20-38(36)40/h1-30,33-34H,31-32H2/q+2. The fraction of sp³-hybridized carbons (Fsp3) is 0.0526. The summed E-state index contributed by atoms with van der Waals surface area (Å²) in [5.41, 5.74) is 9.75. The maximum atomic E-state index is 2.76. The van der Waals surface area contributed by atoms with E-state index in [-0.39, 0.29) is 0 Å². The molecule has 0 aliphatic carbocycles. The number of nitrogens with zero attached hydrogens (tertiary/aromatic N) is 2. The Morgan fingerprint density at radius 1 is 0.328 bits per heavy atom. The van der Waals surface area contributed by atoms with Crippen molar-refractivity contribution in [1.29, 1.82) is 0 Å². The van der Waals surface area contributed by atoms with Gasteiger partial charge in [-0.1, -0.05) is 158 Å². The first-order chi connectivity index (χ1) is 30.3. The molecule has 284 valence electrons. The third-order valence-electron chi connectivity index (χ3n) is 13.7. The second-order valence-electron chi connectivity index (χ2n) is 16.7. The molecule has 0 N–H and O–H groups in total. The van der Waals surface area contributed by atoms with Crippen LogP contribution in [0.15, 0.2) is 194 Å². The van der Waals surface area contributed by atoms with Gasteiger partial charge in [0.2, 0.25) is 11.4 Å². The Balaban J connectivity index is 1.24. The SMILES string of the molecule is c1ccc2c(-c3c[n+]4c(c5ccccc35)Cc3sc5ccccc5c3C43c4c(sc5ccccc45)Cc4c5ccccc5c(-c5cccc6ccccc56)c[n+]43)cccc2c1. The van der Waals surface area contributed by atoms with Gasteiger partial charge in [-0.05, 0) is 56.9 Å². The van der Waals surface area contributed by atoms with E-state index >= 15 is 0 Å². The molecule has 2 aliphatic rings. The lowest BCUT2D eigenvalue weighted by Gasteiger charge is -2.34. The predicted octanol–water partition coefficient (Wildman–Crippen LogP) is 13.7. The summed E-state index contributed by atoms with van der Waals surface area (Å²) in [5, 5.41) is 12.9. The van der Waals surface area contributed by atoms with E-state index in [0.717, 1.165) is 12.8 Å². The Morgan fingerprint density at radius 3 is 1.15 bits per heavy atom. The second-order valence-corrected chi connectivity index (χ2v) is 19.0. The summed E-state index contributed by atoms with van der Waals surface area (Å²) in [6, 6.07) is 68.1. The zero-order chi connectivity index (χ0) is 39.8. The molecule has 0 fully saturated rings. The van der Waals surface area contributed by atoms with Crippen molar-refractivity contribution in [2.75, 3.05) is 0 Å². The van der Waals surface area contributed by atoms with Crippen LogP contribution in [0.25, 0.3) is 85.5 Å². The van der Waals surface area contributed by atoms with Crippen LogP contribution in [-0.2, 0) is 18.5 Å². The topological polar surface area (TPSA) is 7.76 Å². The molecule has 8 aromatic carbocycles. The normalized spacial score (nSPS) is 13.9. The minimum Gasteiger partial charge on any atom is -0.139 e. The van der Waals surface area contributed by atoms with Crippen LogP contribution < -0.4 is 9.13 Å². The highest BCUT2D eigenvalue weighted by Gasteiger charge is 2.65. The molecule has 14 rings (SSSR count). The summed E-state index contributed by atoms with van der Waals surface area (Å²) >= 11 is 3.96. The number of rotatable bonds is 2. The minimum absolute atomic E-state index is 0.766. The molecule has 6 heterocycles. The van der Waals surface area contributed by atoms with Crippen molar-refractivity contribution in [2.45, 2.75) is 18.5 Å². The number of aromatic nitrogens is 2. The van der Waals surface area contributed by atoms with Gasteiger partial charge in [0, 0.05) is 40.7 Å². The lowest BCUT2D eigenvalue weighted by Crippen LogP contribution is -2.79. The molecule has 12 aromatic rings. The van der Waals surface area contributed by atoms with Gasteiger partial charge in [0.05, 0.1) is 34.7 Å². The number of hydrogen-bond acceptors (Lipinski definition) is 2. The van der Waals surface area contributed by atoms with Crippen molar-refractivity contribution < 1.29 is 9.13 Å². The smallest absolute Gasteiger partial charge is 0.139 e. The molecule has 0 atom stereocenters. The highest BCUT2D eigenvalue weighted by Crippen LogP contribution is 2.52. The summed E-state index contributed by atoms with van der Waals surface area (Å²) in [6.45, 7) is 0. The average molecular weight is 813 g/mol. The Labute approximate surface area is 360 Å². The maximum Gasteiger partial charge on any atom is 0.418 e. The van der Waals surface area contributed by atoms with Gasteiger partial charge in [0.1, 0.15) is 11.1 Å². The van der Waals surface area contributed by atoms with E-state index in [4.69, 9.17) is 0 Å². The number of benzene rings is 8. The first-order valence-electron chi connectivity index (χ1n) is 21.2. The highest BCUT2D eigenvalue weighted by molar-refractivity contribution is 7.19. The summed E-state index contributed by atoms with van der Waals surface area (Å²) < 4.78 is 8.19. The monoisotopic (exact) mass is 812 g/mol. The molecule has 0 amide bonds. The lowest BCUT2D eigenvalue weighted by molar-refractivity contribution is -0.977. The van der Waals surface area contributed by atoms with Gasteiger partial charge < -0.3 is 0 Å². The van der Waals surface area contributed by atoms with Gasteiger partial charge in [-0.15, -0.1) is 31.8 Å². The molecule has 1 spiro atoms. The summed E-state index contributed by atoms with van der Waals surface area (Å²) in [4.78, 5) is 2.87. The van der Waals surface area contributed by atoms with Gasteiger partial charge >= 0.3 is 5.66 Å². The average Bonchev–Trinajstić information content (AvgIpc) is 3.90. The molecule has 0 saturated carbocycles. The third kappa shape index (κ3) is 4.51. The second kappa shape index (κ2) is 12.5. The quantitative estimate of drug-likeness (QED) is 0.154. The number of thiophene rings is 2.